The zero-order valence-electron chi connectivity index (χ0n) is 20.0. The fourth-order valence-electron chi connectivity index (χ4n) is 3.13. The van der Waals surface area contributed by atoms with Crippen LogP contribution < -0.4 is 16.2 Å². The van der Waals surface area contributed by atoms with Gasteiger partial charge < -0.3 is 40.3 Å². The van der Waals surface area contributed by atoms with Crippen LogP contribution in [-0.4, -0.2) is 67.3 Å². The molecule has 2 fully saturated rings. The number of ether oxygens (including phenoxy) is 5. The van der Waals surface area contributed by atoms with Crippen molar-refractivity contribution in [3.05, 3.63) is 42.3 Å². The summed E-state index contributed by atoms with van der Waals surface area (Å²) < 4.78 is 38.8. The van der Waals surface area contributed by atoms with Crippen LogP contribution in [0.2, 0.25) is 0 Å². The lowest BCUT2D eigenvalue weighted by atomic mass is 10.2. The van der Waals surface area contributed by atoms with Crippen LogP contribution in [0.15, 0.2) is 36.4 Å². The van der Waals surface area contributed by atoms with Crippen molar-refractivity contribution in [2.45, 2.75) is 51.1 Å². The standard InChI is InChI=1S/C12H18N2O3.C7H14O3.C5H5FN2/c13-10-4-3-5-11(14-10)15-8-9-17-12-6-1-2-7-16-12;8-4-6-10-7-3-1-2-5-9-7;6-4-2-1-3-5(7)8-4/h3-5,12H,1-2,6-9H2,(H2,13,14);7-8H,1-6H2;1-3H,(H2,7,8). The van der Waals surface area contributed by atoms with E-state index in [0.717, 1.165) is 38.9 Å². The van der Waals surface area contributed by atoms with Crippen molar-refractivity contribution in [3.8, 4) is 5.88 Å². The molecule has 11 heteroatoms. The zero-order valence-corrected chi connectivity index (χ0v) is 20.0. The molecule has 0 aliphatic carbocycles. The monoisotopic (exact) mass is 496 g/mol. The minimum Gasteiger partial charge on any atom is -0.475 e. The van der Waals surface area contributed by atoms with Crippen molar-refractivity contribution in [3.63, 3.8) is 0 Å². The number of nitrogen functional groups attached to an aromatic ring is 2. The maximum atomic E-state index is 12.0. The third-order valence-electron chi connectivity index (χ3n) is 4.79. The maximum Gasteiger partial charge on any atom is 0.215 e. The first-order valence-electron chi connectivity index (χ1n) is 11.9. The zero-order chi connectivity index (χ0) is 25.1. The number of hydrogen-bond acceptors (Lipinski definition) is 10. The van der Waals surface area contributed by atoms with Crippen LogP contribution in [0.3, 0.4) is 0 Å². The summed E-state index contributed by atoms with van der Waals surface area (Å²) in [6.45, 7) is 3.03. The van der Waals surface area contributed by atoms with Crippen LogP contribution in [0, 0.1) is 5.95 Å². The first-order chi connectivity index (χ1) is 17.1. The highest BCUT2D eigenvalue weighted by Gasteiger charge is 2.14. The van der Waals surface area contributed by atoms with Crippen molar-refractivity contribution in [1.29, 1.82) is 0 Å². The van der Waals surface area contributed by atoms with E-state index in [0.29, 0.717) is 31.5 Å². The molecule has 196 valence electrons. The number of nitrogens with zero attached hydrogens (tertiary/aromatic N) is 2. The van der Waals surface area contributed by atoms with E-state index in [1.54, 1.807) is 12.1 Å². The van der Waals surface area contributed by atoms with Crippen molar-refractivity contribution in [2.24, 2.45) is 0 Å². The second-order valence-electron chi connectivity index (χ2n) is 7.69. The predicted molar refractivity (Wildman–Crippen MR) is 129 cm³/mol. The Balaban J connectivity index is 0.000000204. The van der Waals surface area contributed by atoms with Gasteiger partial charge in [-0.05, 0) is 56.7 Å². The normalized spacial score (nSPS) is 19.5. The van der Waals surface area contributed by atoms with Crippen LogP contribution in [0.1, 0.15) is 38.5 Å². The minimum atomic E-state index is -0.537. The van der Waals surface area contributed by atoms with Gasteiger partial charge in [-0.1, -0.05) is 12.1 Å². The van der Waals surface area contributed by atoms with Gasteiger partial charge in [0, 0.05) is 19.3 Å². The Morgan fingerprint density at radius 1 is 0.829 bits per heavy atom. The highest BCUT2D eigenvalue weighted by atomic mass is 19.1. The Labute approximate surface area is 205 Å². The molecular formula is C24H37FN4O6. The molecule has 0 amide bonds. The summed E-state index contributed by atoms with van der Waals surface area (Å²) in [7, 11) is 0. The molecule has 2 atom stereocenters. The number of aliphatic hydroxyl groups is 1. The Bertz CT molecular complexity index is 790. The molecule has 0 spiro atoms. The predicted octanol–water partition coefficient (Wildman–Crippen LogP) is 2.91. The fourth-order valence-corrected chi connectivity index (χ4v) is 3.13. The van der Waals surface area contributed by atoms with E-state index >= 15 is 0 Å². The molecule has 10 nitrogen and oxygen atoms in total. The molecule has 2 aliphatic heterocycles. The number of rotatable bonds is 8. The molecule has 2 saturated heterocycles. The van der Waals surface area contributed by atoms with Gasteiger partial charge >= 0.3 is 0 Å². The van der Waals surface area contributed by atoms with Crippen molar-refractivity contribution >= 4 is 11.6 Å². The lowest BCUT2D eigenvalue weighted by Crippen LogP contribution is -2.24. The third-order valence-corrected chi connectivity index (χ3v) is 4.79. The Morgan fingerprint density at radius 2 is 1.43 bits per heavy atom. The van der Waals surface area contributed by atoms with Gasteiger partial charge in [0.1, 0.15) is 18.2 Å². The molecule has 2 aliphatic rings. The van der Waals surface area contributed by atoms with Gasteiger partial charge in [-0.2, -0.15) is 9.37 Å². The third kappa shape index (κ3) is 13.8. The summed E-state index contributed by atoms with van der Waals surface area (Å²) in [6, 6.07) is 9.59. The summed E-state index contributed by atoms with van der Waals surface area (Å²) in [5, 5.41) is 8.42. The molecular weight excluding hydrogens is 459 g/mol. The first-order valence-corrected chi connectivity index (χ1v) is 11.9. The lowest BCUT2D eigenvalue weighted by Gasteiger charge is -2.22. The Morgan fingerprint density at radius 3 is 1.91 bits per heavy atom. The van der Waals surface area contributed by atoms with Crippen LogP contribution in [0.4, 0.5) is 16.0 Å². The van der Waals surface area contributed by atoms with Gasteiger partial charge in [0.05, 0.1) is 19.8 Å². The number of hydrogen-bond donors (Lipinski definition) is 3. The molecule has 35 heavy (non-hydrogen) atoms. The molecule has 4 rings (SSSR count). The summed E-state index contributed by atoms with van der Waals surface area (Å²) in [5.74, 6) is 0.659. The number of aliphatic hydroxyl groups excluding tert-OH is 1. The lowest BCUT2D eigenvalue weighted by molar-refractivity contribution is -0.166. The van der Waals surface area contributed by atoms with Gasteiger partial charge in [-0.3, -0.25) is 0 Å². The molecule has 0 bridgehead atoms. The van der Waals surface area contributed by atoms with E-state index in [4.69, 9.17) is 40.3 Å². The summed E-state index contributed by atoms with van der Waals surface area (Å²) >= 11 is 0. The van der Waals surface area contributed by atoms with Crippen LogP contribution in [0.5, 0.6) is 5.88 Å². The van der Waals surface area contributed by atoms with Crippen molar-refractivity contribution in [2.75, 3.05) is 51.1 Å². The number of aromatic nitrogens is 2. The second kappa shape index (κ2) is 17.8. The second-order valence-corrected chi connectivity index (χ2v) is 7.69. The molecule has 2 unspecified atom stereocenters. The number of anilines is 2. The highest BCUT2D eigenvalue weighted by Crippen LogP contribution is 2.14. The molecule has 2 aromatic rings. The largest absolute Gasteiger partial charge is 0.475 e. The summed E-state index contributed by atoms with van der Waals surface area (Å²) in [4.78, 5) is 7.31. The minimum absolute atomic E-state index is 0.0547. The van der Waals surface area contributed by atoms with Gasteiger partial charge in [0.2, 0.25) is 11.8 Å². The van der Waals surface area contributed by atoms with E-state index in [2.05, 4.69) is 9.97 Å². The average Bonchev–Trinajstić information content (AvgIpc) is 2.87. The SMILES string of the molecule is Nc1cccc(F)n1.Nc1cccc(OCCOC2CCCCO2)n1.OCCOC1CCCCO1. The fraction of sp³-hybridized carbons (Fsp3) is 0.583. The van der Waals surface area contributed by atoms with E-state index in [9.17, 15) is 4.39 Å². The molecule has 5 N–H and O–H groups in total. The van der Waals surface area contributed by atoms with Crippen LogP contribution in [0.25, 0.3) is 0 Å². The molecule has 2 aromatic heterocycles. The molecule has 0 radical (unpaired) electrons. The van der Waals surface area contributed by atoms with Crippen molar-refractivity contribution in [1.82, 2.24) is 9.97 Å². The smallest absolute Gasteiger partial charge is 0.215 e. The van der Waals surface area contributed by atoms with E-state index < -0.39 is 5.95 Å². The quantitative estimate of drug-likeness (QED) is 0.368. The highest BCUT2D eigenvalue weighted by molar-refractivity contribution is 5.31. The first kappa shape index (κ1) is 28.7. The topological polar surface area (TPSA) is 144 Å². The van der Waals surface area contributed by atoms with E-state index in [1.807, 2.05) is 6.07 Å². The van der Waals surface area contributed by atoms with Crippen LogP contribution >= 0.6 is 0 Å². The van der Waals surface area contributed by atoms with Gasteiger partial charge in [0.25, 0.3) is 0 Å². The van der Waals surface area contributed by atoms with E-state index in [1.165, 1.54) is 31.0 Å². The van der Waals surface area contributed by atoms with Crippen LogP contribution in [-0.2, 0) is 18.9 Å². The van der Waals surface area contributed by atoms with Gasteiger partial charge in [0.15, 0.2) is 12.6 Å². The average molecular weight is 497 g/mol. The number of nitrogens with two attached hydrogens (primary N) is 2. The number of halogens is 1. The summed E-state index contributed by atoms with van der Waals surface area (Å²) in [6.07, 6.45) is 6.43. The molecule has 0 aromatic carbocycles. The molecule has 0 saturated carbocycles. The Kier molecular flexibility index (Phi) is 14.6. The van der Waals surface area contributed by atoms with Crippen molar-refractivity contribution < 1.29 is 33.2 Å². The molecule has 4 heterocycles. The Hall–Kier alpha value is -2.57. The number of pyridine rings is 2. The van der Waals surface area contributed by atoms with E-state index in [-0.39, 0.29) is 25.0 Å². The van der Waals surface area contributed by atoms with Gasteiger partial charge in [-0.15, -0.1) is 0 Å². The van der Waals surface area contributed by atoms with Gasteiger partial charge in [-0.25, -0.2) is 4.98 Å². The summed E-state index contributed by atoms with van der Waals surface area (Å²) in [5.41, 5.74) is 10.6. The maximum absolute atomic E-state index is 12.0.